The molecule has 0 aliphatic rings. The van der Waals surface area contributed by atoms with Gasteiger partial charge in [0.15, 0.2) is 0 Å². The van der Waals surface area contributed by atoms with E-state index in [1.807, 2.05) is 42.7 Å². The summed E-state index contributed by atoms with van der Waals surface area (Å²) in [6.45, 7) is 0. The van der Waals surface area contributed by atoms with Crippen LogP contribution in [0.1, 0.15) is 0 Å². The van der Waals surface area contributed by atoms with E-state index in [0.717, 1.165) is 16.8 Å². The number of nitrogen functional groups attached to an aromatic ring is 1. The van der Waals surface area contributed by atoms with E-state index < -0.39 is 0 Å². The number of benzene rings is 1. The molecule has 3 nitrogen and oxygen atoms in total. The predicted molar refractivity (Wildman–Crippen MR) is 65.9 cm³/mol. The molecule has 0 aliphatic carbocycles. The maximum atomic E-state index is 5.67. The first-order chi connectivity index (χ1) is 7.84. The van der Waals surface area contributed by atoms with E-state index in [2.05, 4.69) is 9.97 Å². The Hall–Kier alpha value is -2.29. The Kier molecular flexibility index (Phi) is 1.90. The van der Waals surface area contributed by atoms with Crippen molar-refractivity contribution < 1.29 is 0 Å². The maximum absolute atomic E-state index is 5.67. The predicted octanol–water partition coefficient (Wildman–Crippen LogP) is 2.81. The molecular formula is C13H11N3. The largest absolute Gasteiger partial charge is 0.399 e. The minimum Gasteiger partial charge on any atom is -0.399 e. The number of nitrogens with two attached hydrogens (primary N) is 1. The summed E-state index contributed by atoms with van der Waals surface area (Å²) in [6.07, 6.45) is 5.63. The van der Waals surface area contributed by atoms with Crippen LogP contribution in [0.4, 0.5) is 5.69 Å². The minimum absolute atomic E-state index is 0.783. The molecule has 3 rings (SSSR count). The first-order valence-electron chi connectivity index (χ1n) is 5.11. The number of hydrogen-bond donors (Lipinski definition) is 2. The van der Waals surface area contributed by atoms with Crippen molar-refractivity contribution in [2.45, 2.75) is 0 Å². The Morgan fingerprint density at radius 1 is 1.06 bits per heavy atom. The van der Waals surface area contributed by atoms with Crippen molar-refractivity contribution in [3.63, 3.8) is 0 Å². The van der Waals surface area contributed by atoms with Crippen LogP contribution in [0.25, 0.3) is 22.0 Å². The summed E-state index contributed by atoms with van der Waals surface area (Å²) in [7, 11) is 0. The number of nitrogens with one attached hydrogen (secondary N) is 1. The lowest BCUT2D eigenvalue weighted by molar-refractivity contribution is 1.34. The minimum atomic E-state index is 0.783. The number of aromatic amines is 1. The summed E-state index contributed by atoms with van der Waals surface area (Å²) < 4.78 is 0. The number of rotatable bonds is 1. The lowest BCUT2D eigenvalue weighted by Crippen LogP contribution is -1.83. The standard InChI is InChI=1S/C13H11N3/c14-10-3-1-9(2-4-10)12-7-16-13-8-15-6-5-11(12)13/h1-8,16H,14H2. The topological polar surface area (TPSA) is 54.7 Å². The van der Waals surface area contributed by atoms with Gasteiger partial charge in [0.05, 0.1) is 11.7 Å². The van der Waals surface area contributed by atoms with Gasteiger partial charge in [-0.1, -0.05) is 12.1 Å². The molecule has 0 saturated heterocycles. The lowest BCUT2D eigenvalue weighted by Gasteiger charge is -1.99. The van der Waals surface area contributed by atoms with Crippen molar-refractivity contribution in [2.75, 3.05) is 5.73 Å². The fraction of sp³-hybridized carbons (Fsp3) is 0. The second-order valence-corrected chi connectivity index (χ2v) is 3.75. The average Bonchev–Trinajstić information content (AvgIpc) is 2.74. The highest BCUT2D eigenvalue weighted by atomic mass is 14.7. The number of aromatic nitrogens is 2. The highest BCUT2D eigenvalue weighted by molar-refractivity contribution is 5.95. The van der Waals surface area contributed by atoms with E-state index in [-0.39, 0.29) is 0 Å². The van der Waals surface area contributed by atoms with Gasteiger partial charge in [-0.15, -0.1) is 0 Å². The maximum Gasteiger partial charge on any atom is 0.0646 e. The van der Waals surface area contributed by atoms with Gasteiger partial charge in [0.25, 0.3) is 0 Å². The second kappa shape index (κ2) is 3.38. The Morgan fingerprint density at radius 2 is 1.88 bits per heavy atom. The molecular weight excluding hydrogens is 198 g/mol. The Bertz CT molecular complexity index is 623. The molecule has 3 heteroatoms. The van der Waals surface area contributed by atoms with E-state index in [1.54, 1.807) is 6.20 Å². The van der Waals surface area contributed by atoms with Crippen molar-refractivity contribution in [1.29, 1.82) is 0 Å². The van der Waals surface area contributed by atoms with Crippen LogP contribution in [0, 0.1) is 0 Å². The quantitative estimate of drug-likeness (QED) is 0.605. The van der Waals surface area contributed by atoms with E-state index in [0.29, 0.717) is 0 Å². The molecule has 0 amide bonds. The SMILES string of the molecule is Nc1ccc(-c2c[nH]c3cnccc23)cc1. The smallest absolute Gasteiger partial charge is 0.0646 e. The summed E-state index contributed by atoms with van der Waals surface area (Å²) in [4.78, 5) is 7.29. The molecule has 0 radical (unpaired) electrons. The zero-order valence-electron chi connectivity index (χ0n) is 8.64. The van der Waals surface area contributed by atoms with Crippen molar-refractivity contribution in [1.82, 2.24) is 9.97 Å². The Labute approximate surface area is 92.9 Å². The van der Waals surface area contributed by atoms with E-state index >= 15 is 0 Å². The molecule has 16 heavy (non-hydrogen) atoms. The number of anilines is 1. The summed E-state index contributed by atoms with van der Waals surface area (Å²) in [6, 6.07) is 9.89. The van der Waals surface area contributed by atoms with Crippen molar-refractivity contribution >= 4 is 16.6 Å². The summed E-state index contributed by atoms with van der Waals surface area (Å²) in [5.41, 5.74) is 9.84. The van der Waals surface area contributed by atoms with Gasteiger partial charge in [0.2, 0.25) is 0 Å². The molecule has 0 bridgehead atoms. The van der Waals surface area contributed by atoms with Gasteiger partial charge in [-0.3, -0.25) is 4.98 Å². The van der Waals surface area contributed by atoms with Gasteiger partial charge in [-0.05, 0) is 23.8 Å². The molecule has 0 spiro atoms. The first kappa shape index (κ1) is 8.97. The first-order valence-corrected chi connectivity index (χ1v) is 5.11. The lowest BCUT2D eigenvalue weighted by atomic mass is 10.1. The fourth-order valence-electron chi connectivity index (χ4n) is 1.87. The molecule has 1 aromatic carbocycles. The molecule has 0 fully saturated rings. The third-order valence-corrected chi connectivity index (χ3v) is 2.70. The zero-order chi connectivity index (χ0) is 11.0. The van der Waals surface area contributed by atoms with Crippen LogP contribution in [0.2, 0.25) is 0 Å². The van der Waals surface area contributed by atoms with Crippen LogP contribution in [0.5, 0.6) is 0 Å². The number of hydrogen-bond acceptors (Lipinski definition) is 2. The summed E-state index contributed by atoms with van der Waals surface area (Å²) in [5, 5.41) is 1.18. The van der Waals surface area contributed by atoms with Crippen molar-refractivity contribution in [3.8, 4) is 11.1 Å². The average molecular weight is 209 g/mol. The normalized spacial score (nSPS) is 10.8. The molecule has 3 aromatic rings. The Morgan fingerprint density at radius 3 is 2.69 bits per heavy atom. The van der Waals surface area contributed by atoms with Crippen molar-refractivity contribution in [2.24, 2.45) is 0 Å². The van der Waals surface area contributed by atoms with Crippen LogP contribution in [-0.4, -0.2) is 9.97 Å². The second-order valence-electron chi connectivity index (χ2n) is 3.75. The molecule has 2 aromatic heterocycles. The summed E-state index contributed by atoms with van der Waals surface area (Å²) in [5.74, 6) is 0. The van der Waals surface area contributed by atoms with Gasteiger partial charge in [-0.25, -0.2) is 0 Å². The van der Waals surface area contributed by atoms with E-state index in [4.69, 9.17) is 5.73 Å². The number of H-pyrrole nitrogens is 1. The molecule has 0 atom stereocenters. The Balaban J connectivity index is 2.22. The van der Waals surface area contributed by atoms with Gasteiger partial charge in [0.1, 0.15) is 0 Å². The molecule has 0 aliphatic heterocycles. The van der Waals surface area contributed by atoms with Gasteiger partial charge in [0, 0.05) is 29.0 Å². The molecule has 3 N–H and O–H groups in total. The van der Waals surface area contributed by atoms with Gasteiger partial charge < -0.3 is 10.7 Å². The zero-order valence-corrected chi connectivity index (χ0v) is 8.64. The third kappa shape index (κ3) is 1.34. The van der Waals surface area contributed by atoms with Crippen molar-refractivity contribution in [3.05, 3.63) is 48.9 Å². The van der Waals surface area contributed by atoms with Crippen LogP contribution >= 0.6 is 0 Å². The van der Waals surface area contributed by atoms with Crippen LogP contribution < -0.4 is 5.73 Å². The number of fused-ring (bicyclic) bond motifs is 1. The van der Waals surface area contributed by atoms with Crippen LogP contribution in [0.15, 0.2) is 48.9 Å². The van der Waals surface area contributed by atoms with Crippen LogP contribution in [-0.2, 0) is 0 Å². The number of nitrogens with zero attached hydrogens (tertiary/aromatic N) is 1. The van der Waals surface area contributed by atoms with Gasteiger partial charge >= 0.3 is 0 Å². The highest BCUT2D eigenvalue weighted by Gasteiger charge is 2.04. The fourth-order valence-corrected chi connectivity index (χ4v) is 1.87. The van der Waals surface area contributed by atoms with Gasteiger partial charge in [-0.2, -0.15) is 0 Å². The van der Waals surface area contributed by atoms with E-state index in [9.17, 15) is 0 Å². The molecule has 0 unspecified atom stereocenters. The van der Waals surface area contributed by atoms with Crippen LogP contribution in [0.3, 0.4) is 0 Å². The summed E-state index contributed by atoms with van der Waals surface area (Å²) >= 11 is 0. The van der Waals surface area contributed by atoms with E-state index in [1.165, 1.54) is 10.9 Å². The molecule has 0 saturated carbocycles. The highest BCUT2D eigenvalue weighted by Crippen LogP contribution is 2.28. The molecule has 78 valence electrons. The molecule has 2 heterocycles. The third-order valence-electron chi connectivity index (χ3n) is 2.70. The number of pyridine rings is 1. The monoisotopic (exact) mass is 209 g/mol.